The molecule has 1 aliphatic rings. The van der Waals surface area contributed by atoms with Crippen molar-refractivity contribution in [3.63, 3.8) is 0 Å². The summed E-state index contributed by atoms with van der Waals surface area (Å²) in [6.07, 6.45) is 2.52. The third kappa shape index (κ3) is 3.06. The van der Waals surface area contributed by atoms with Gasteiger partial charge in [-0.05, 0) is 44.0 Å². The first kappa shape index (κ1) is 12.1. The van der Waals surface area contributed by atoms with Crippen LogP contribution in [0.2, 0.25) is 5.02 Å². The van der Waals surface area contributed by atoms with Gasteiger partial charge in [0.15, 0.2) is 0 Å². The third-order valence-electron chi connectivity index (χ3n) is 2.92. The average molecular weight is 257 g/mol. The molecule has 0 aliphatic carbocycles. The number of thioether (sulfide) groups is 1. The second-order valence-electron chi connectivity index (χ2n) is 4.16. The van der Waals surface area contributed by atoms with Crippen LogP contribution in [0.1, 0.15) is 12.8 Å². The molecule has 16 heavy (non-hydrogen) atoms. The van der Waals surface area contributed by atoms with Gasteiger partial charge in [-0.2, -0.15) is 0 Å². The van der Waals surface area contributed by atoms with Crippen molar-refractivity contribution in [2.24, 2.45) is 5.92 Å². The molecule has 0 saturated carbocycles. The Bertz CT molecular complexity index is 331. The van der Waals surface area contributed by atoms with Crippen LogP contribution < -0.4 is 11.1 Å². The zero-order chi connectivity index (χ0) is 11.4. The van der Waals surface area contributed by atoms with Crippen molar-refractivity contribution in [3.05, 3.63) is 23.2 Å². The molecule has 0 spiro atoms. The van der Waals surface area contributed by atoms with Crippen molar-refractivity contribution < 1.29 is 0 Å². The Morgan fingerprint density at radius 2 is 2.12 bits per heavy atom. The van der Waals surface area contributed by atoms with Crippen LogP contribution in [-0.4, -0.2) is 18.8 Å². The Labute approximate surface area is 106 Å². The molecule has 1 aromatic carbocycles. The van der Waals surface area contributed by atoms with E-state index in [9.17, 15) is 0 Å². The summed E-state index contributed by atoms with van der Waals surface area (Å²) in [6, 6.07) is 5.71. The Balaban J connectivity index is 1.93. The van der Waals surface area contributed by atoms with Gasteiger partial charge in [-0.25, -0.2) is 0 Å². The molecule has 1 heterocycles. The first-order valence-electron chi connectivity index (χ1n) is 5.65. The SMILES string of the molecule is Nc1cccc(Cl)c1SCC1CCNCC1. The van der Waals surface area contributed by atoms with Gasteiger partial charge < -0.3 is 11.1 Å². The van der Waals surface area contributed by atoms with E-state index in [2.05, 4.69) is 5.32 Å². The van der Waals surface area contributed by atoms with E-state index in [1.54, 1.807) is 11.8 Å². The van der Waals surface area contributed by atoms with E-state index in [0.717, 1.165) is 40.4 Å². The highest BCUT2D eigenvalue weighted by molar-refractivity contribution is 7.99. The summed E-state index contributed by atoms with van der Waals surface area (Å²) >= 11 is 7.93. The smallest absolute Gasteiger partial charge is 0.0562 e. The molecule has 0 radical (unpaired) electrons. The van der Waals surface area contributed by atoms with Crippen molar-refractivity contribution in [1.82, 2.24) is 5.32 Å². The van der Waals surface area contributed by atoms with Crippen molar-refractivity contribution in [3.8, 4) is 0 Å². The summed E-state index contributed by atoms with van der Waals surface area (Å²) in [5.74, 6) is 1.91. The van der Waals surface area contributed by atoms with Crippen LogP contribution in [0, 0.1) is 5.92 Å². The number of hydrogen-bond acceptors (Lipinski definition) is 3. The van der Waals surface area contributed by atoms with Gasteiger partial charge in [-0.1, -0.05) is 17.7 Å². The molecule has 4 heteroatoms. The van der Waals surface area contributed by atoms with Crippen LogP contribution in [0.3, 0.4) is 0 Å². The predicted molar refractivity (Wildman–Crippen MR) is 72.2 cm³/mol. The minimum atomic E-state index is 0.777. The largest absolute Gasteiger partial charge is 0.398 e. The highest BCUT2D eigenvalue weighted by atomic mass is 35.5. The number of piperidine rings is 1. The van der Waals surface area contributed by atoms with Gasteiger partial charge in [0.05, 0.1) is 5.02 Å². The van der Waals surface area contributed by atoms with Crippen molar-refractivity contribution in [2.45, 2.75) is 17.7 Å². The summed E-state index contributed by atoms with van der Waals surface area (Å²) in [5.41, 5.74) is 6.72. The van der Waals surface area contributed by atoms with Crippen LogP contribution in [0.15, 0.2) is 23.1 Å². The average Bonchev–Trinajstić information content (AvgIpc) is 2.30. The van der Waals surface area contributed by atoms with Crippen molar-refractivity contribution in [1.29, 1.82) is 0 Å². The van der Waals surface area contributed by atoms with Crippen molar-refractivity contribution >= 4 is 29.1 Å². The summed E-state index contributed by atoms with van der Waals surface area (Å²) in [6.45, 7) is 2.28. The van der Waals surface area contributed by atoms with Crippen LogP contribution in [0.25, 0.3) is 0 Å². The van der Waals surface area contributed by atoms with Crippen LogP contribution in [-0.2, 0) is 0 Å². The lowest BCUT2D eigenvalue weighted by atomic mass is 10.0. The van der Waals surface area contributed by atoms with Crippen LogP contribution >= 0.6 is 23.4 Å². The fourth-order valence-electron chi connectivity index (χ4n) is 1.93. The maximum Gasteiger partial charge on any atom is 0.0562 e. The second-order valence-corrected chi connectivity index (χ2v) is 5.60. The fraction of sp³-hybridized carbons (Fsp3) is 0.500. The zero-order valence-electron chi connectivity index (χ0n) is 9.21. The number of rotatable bonds is 3. The summed E-state index contributed by atoms with van der Waals surface area (Å²) in [4.78, 5) is 1.04. The minimum absolute atomic E-state index is 0.777. The minimum Gasteiger partial charge on any atom is -0.398 e. The first-order valence-corrected chi connectivity index (χ1v) is 7.01. The van der Waals surface area contributed by atoms with Gasteiger partial charge in [-0.15, -0.1) is 11.8 Å². The number of anilines is 1. The molecule has 0 atom stereocenters. The molecule has 0 bridgehead atoms. The van der Waals surface area contributed by atoms with Gasteiger partial charge >= 0.3 is 0 Å². The third-order valence-corrected chi connectivity index (χ3v) is 4.73. The van der Waals surface area contributed by atoms with E-state index in [-0.39, 0.29) is 0 Å². The lowest BCUT2D eigenvalue weighted by Gasteiger charge is -2.22. The van der Waals surface area contributed by atoms with E-state index in [0.29, 0.717) is 0 Å². The van der Waals surface area contributed by atoms with E-state index < -0.39 is 0 Å². The number of hydrogen-bond donors (Lipinski definition) is 2. The molecule has 0 aromatic heterocycles. The molecule has 1 aliphatic heterocycles. The molecule has 1 saturated heterocycles. The monoisotopic (exact) mass is 256 g/mol. The number of nitrogens with two attached hydrogens (primary N) is 1. The summed E-state index contributed by atoms with van der Waals surface area (Å²) in [7, 11) is 0. The summed E-state index contributed by atoms with van der Waals surface area (Å²) in [5, 5.41) is 4.15. The molecule has 0 unspecified atom stereocenters. The Hall–Kier alpha value is -0.380. The van der Waals surface area contributed by atoms with Gasteiger partial charge in [0.1, 0.15) is 0 Å². The Morgan fingerprint density at radius 3 is 2.81 bits per heavy atom. The number of nitrogen functional groups attached to an aromatic ring is 1. The zero-order valence-corrected chi connectivity index (χ0v) is 10.8. The van der Waals surface area contributed by atoms with E-state index in [1.807, 2.05) is 18.2 Å². The number of benzene rings is 1. The van der Waals surface area contributed by atoms with Gasteiger partial charge in [0, 0.05) is 16.3 Å². The first-order chi connectivity index (χ1) is 7.77. The lowest BCUT2D eigenvalue weighted by Crippen LogP contribution is -2.28. The van der Waals surface area contributed by atoms with Crippen molar-refractivity contribution in [2.75, 3.05) is 24.6 Å². The predicted octanol–water partition coefficient (Wildman–Crippen LogP) is 3.01. The topological polar surface area (TPSA) is 38.0 Å². The number of nitrogens with one attached hydrogen (secondary N) is 1. The fourth-order valence-corrected chi connectivity index (χ4v) is 3.45. The standard InChI is InChI=1S/C12H17ClN2S/c13-10-2-1-3-11(14)12(10)16-8-9-4-6-15-7-5-9/h1-3,9,15H,4-8,14H2. The molecule has 88 valence electrons. The molecule has 1 fully saturated rings. The summed E-state index contributed by atoms with van der Waals surface area (Å²) < 4.78 is 0. The van der Waals surface area contributed by atoms with Gasteiger partial charge in [0.25, 0.3) is 0 Å². The highest BCUT2D eigenvalue weighted by Gasteiger charge is 2.14. The molecule has 2 nitrogen and oxygen atoms in total. The van der Waals surface area contributed by atoms with E-state index in [4.69, 9.17) is 17.3 Å². The molecule has 1 aromatic rings. The maximum absolute atomic E-state index is 6.13. The lowest BCUT2D eigenvalue weighted by molar-refractivity contribution is 0.408. The molecular weight excluding hydrogens is 240 g/mol. The molecular formula is C12H17ClN2S. The molecule has 0 amide bonds. The number of halogens is 1. The van der Waals surface area contributed by atoms with Gasteiger partial charge in [0.2, 0.25) is 0 Å². The highest BCUT2D eigenvalue weighted by Crippen LogP contribution is 2.34. The molecule has 3 N–H and O–H groups in total. The maximum atomic E-state index is 6.13. The van der Waals surface area contributed by atoms with Crippen LogP contribution in [0.4, 0.5) is 5.69 Å². The second kappa shape index (κ2) is 5.80. The molecule has 2 rings (SSSR count). The normalized spacial score (nSPS) is 17.6. The van der Waals surface area contributed by atoms with E-state index in [1.165, 1.54) is 12.8 Å². The van der Waals surface area contributed by atoms with Gasteiger partial charge in [-0.3, -0.25) is 0 Å². The quantitative estimate of drug-likeness (QED) is 0.645. The Kier molecular flexibility index (Phi) is 4.38. The van der Waals surface area contributed by atoms with Crippen LogP contribution in [0.5, 0.6) is 0 Å². The van der Waals surface area contributed by atoms with E-state index >= 15 is 0 Å². The Morgan fingerprint density at radius 1 is 1.38 bits per heavy atom.